The van der Waals surface area contributed by atoms with E-state index in [1.807, 2.05) is 12.1 Å². The van der Waals surface area contributed by atoms with E-state index in [0.717, 1.165) is 44.1 Å². The summed E-state index contributed by atoms with van der Waals surface area (Å²) in [6.07, 6.45) is 10.9. The molecule has 1 aromatic carbocycles. The molecule has 3 rings (SSSR count). The molecule has 0 radical (unpaired) electrons. The first kappa shape index (κ1) is 21.9. The van der Waals surface area contributed by atoms with Crippen molar-refractivity contribution in [2.24, 2.45) is 0 Å². The molecule has 0 amide bonds. The molecular formula is C25H33N3O2. The number of benzene rings is 1. The molecule has 2 aromatic heterocycles. The maximum atomic E-state index is 11.2. The summed E-state index contributed by atoms with van der Waals surface area (Å²) in [5, 5.41) is 11.2. The molecule has 0 aliphatic rings. The second-order valence-electron chi connectivity index (χ2n) is 8.22. The van der Waals surface area contributed by atoms with Crippen molar-refractivity contribution in [1.29, 1.82) is 0 Å². The Morgan fingerprint density at radius 1 is 0.867 bits per heavy atom. The van der Waals surface area contributed by atoms with Crippen LogP contribution in [0.25, 0.3) is 0 Å². The van der Waals surface area contributed by atoms with Gasteiger partial charge in [0.15, 0.2) is 0 Å². The van der Waals surface area contributed by atoms with Crippen molar-refractivity contribution < 1.29 is 4.92 Å². The van der Waals surface area contributed by atoms with Gasteiger partial charge < -0.3 is 9.97 Å². The second kappa shape index (κ2) is 9.79. The SMILES string of the molecule is CCCCc1c(C)c[nH]c1C(c1ccc([N+](=O)[O-])cc1)c1[nH]cc(C)c1CCCC. The summed E-state index contributed by atoms with van der Waals surface area (Å²) in [7, 11) is 0. The molecule has 160 valence electrons. The summed E-state index contributed by atoms with van der Waals surface area (Å²) < 4.78 is 0. The second-order valence-corrected chi connectivity index (χ2v) is 8.22. The minimum absolute atomic E-state index is 0.00640. The van der Waals surface area contributed by atoms with Gasteiger partial charge in [-0.1, -0.05) is 38.8 Å². The number of hydrogen-bond donors (Lipinski definition) is 2. The number of nitro benzene ring substituents is 1. The maximum absolute atomic E-state index is 11.2. The summed E-state index contributed by atoms with van der Waals surface area (Å²) >= 11 is 0. The predicted molar refractivity (Wildman–Crippen MR) is 122 cm³/mol. The lowest BCUT2D eigenvalue weighted by molar-refractivity contribution is -0.384. The van der Waals surface area contributed by atoms with Gasteiger partial charge >= 0.3 is 0 Å². The quantitative estimate of drug-likeness (QED) is 0.289. The number of nitrogens with zero attached hydrogens (tertiary/aromatic N) is 1. The average Bonchev–Trinajstić information content (AvgIpc) is 3.28. The van der Waals surface area contributed by atoms with Crippen molar-refractivity contribution in [1.82, 2.24) is 9.97 Å². The highest BCUT2D eigenvalue weighted by Gasteiger charge is 2.26. The fraction of sp³-hybridized carbons (Fsp3) is 0.440. The molecule has 3 aromatic rings. The largest absolute Gasteiger partial charge is 0.364 e. The van der Waals surface area contributed by atoms with Crippen LogP contribution < -0.4 is 0 Å². The lowest BCUT2D eigenvalue weighted by Crippen LogP contribution is -2.10. The molecule has 0 saturated heterocycles. The van der Waals surface area contributed by atoms with Gasteiger partial charge in [-0.15, -0.1) is 0 Å². The highest BCUT2D eigenvalue weighted by atomic mass is 16.6. The third-order valence-electron chi connectivity index (χ3n) is 6.07. The molecule has 2 N–H and O–H groups in total. The normalized spacial score (nSPS) is 11.4. The van der Waals surface area contributed by atoms with Crippen LogP contribution in [0.2, 0.25) is 0 Å². The molecule has 0 aliphatic heterocycles. The number of non-ortho nitro benzene ring substituents is 1. The average molecular weight is 408 g/mol. The van der Waals surface area contributed by atoms with Crippen LogP contribution in [-0.4, -0.2) is 14.9 Å². The fourth-order valence-corrected chi connectivity index (χ4v) is 4.30. The van der Waals surface area contributed by atoms with E-state index in [0.29, 0.717) is 0 Å². The highest BCUT2D eigenvalue weighted by Crippen LogP contribution is 2.38. The first-order valence-electron chi connectivity index (χ1n) is 11.1. The van der Waals surface area contributed by atoms with E-state index in [4.69, 9.17) is 0 Å². The van der Waals surface area contributed by atoms with Gasteiger partial charge in [0.1, 0.15) is 0 Å². The Morgan fingerprint density at radius 2 is 1.33 bits per heavy atom. The Labute approximate surface area is 179 Å². The number of unbranched alkanes of at least 4 members (excludes halogenated alkanes) is 2. The topological polar surface area (TPSA) is 74.7 Å². The van der Waals surface area contributed by atoms with Crippen molar-refractivity contribution in [2.75, 3.05) is 0 Å². The molecule has 0 unspecified atom stereocenters. The zero-order chi connectivity index (χ0) is 21.7. The van der Waals surface area contributed by atoms with Crippen LogP contribution >= 0.6 is 0 Å². The molecule has 0 atom stereocenters. The number of hydrogen-bond acceptors (Lipinski definition) is 2. The molecule has 0 bridgehead atoms. The lowest BCUT2D eigenvalue weighted by Gasteiger charge is -2.20. The van der Waals surface area contributed by atoms with Gasteiger partial charge in [0.2, 0.25) is 0 Å². The molecule has 5 heteroatoms. The monoisotopic (exact) mass is 407 g/mol. The molecule has 2 heterocycles. The van der Waals surface area contributed by atoms with Gasteiger partial charge in [-0.2, -0.15) is 0 Å². The van der Waals surface area contributed by atoms with Crippen LogP contribution in [0, 0.1) is 24.0 Å². The standard InChI is InChI=1S/C25H33N3O2/c1-5-7-9-21-17(3)15-26-24(21)23(19-11-13-20(14-12-19)28(29)30)25-22(10-8-6-2)18(4)16-27-25/h11-16,23,26-27H,5-10H2,1-4H3. The Morgan fingerprint density at radius 3 is 1.73 bits per heavy atom. The number of H-pyrrole nitrogens is 2. The van der Waals surface area contributed by atoms with E-state index in [-0.39, 0.29) is 16.5 Å². The number of nitro groups is 1. The van der Waals surface area contributed by atoms with Gasteiger partial charge in [-0.25, -0.2) is 0 Å². The molecular weight excluding hydrogens is 374 g/mol. The summed E-state index contributed by atoms with van der Waals surface area (Å²) in [6.45, 7) is 8.75. The third-order valence-corrected chi connectivity index (χ3v) is 6.07. The van der Waals surface area contributed by atoms with Crippen LogP contribution in [0.5, 0.6) is 0 Å². The number of aryl methyl sites for hydroxylation is 2. The Kier molecular flexibility index (Phi) is 7.14. The van der Waals surface area contributed by atoms with E-state index in [1.54, 1.807) is 12.1 Å². The van der Waals surface area contributed by atoms with Crippen molar-refractivity contribution in [2.45, 2.75) is 72.1 Å². The van der Waals surface area contributed by atoms with Gasteiger partial charge in [0, 0.05) is 35.9 Å². The van der Waals surface area contributed by atoms with Crippen LogP contribution in [0.3, 0.4) is 0 Å². The van der Waals surface area contributed by atoms with Crippen molar-refractivity contribution in [3.8, 4) is 0 Å². The van der Waals surface area contributed by atoms with Crippen LogP contribution in [-0.2, 0) is 12.8 Å². The summed E-state index contributed by atoms with van der Waals surface area (Å²) in [4.78, 5) is 17.9. The number of aromatic nitrogens is 2. The van der Waals surface area contributed by atoms with E-state index in [1.165, 1.54) is 33.6 Å². The Balaban J connectivity index is 2.15. The predicted octanol–water partition coefficient (Wildman–Crippen LogP) is 6.73. The smallest absolute Gasteiger partial charge is 0.269 e. The number of nitrogens with one attached hydrogen (secondary N) is 2. The lowest BCUT2D eigenvalue weighted by atomic mass is 9.85. The first-order valence-corrected chi connectivity index (χ1v) is 11.1. The molecule has 0 spiro atoms. The van der Waals surface area contributed by atoms with E-state index < -0.39 is 0 Å². The minimum Gasteiger partial charge on any atom is -0.364 e. The van der Waals surface area contributed by atoms with Gasteiger partial charge in [0.25, 0.3) is 5.69 Å². The van der Waals surface area contributed by atoms with Gasteiger partial charge in [0.05, 0.1) is 10.8 Å². The van der Waals surface area contributed by atoms with Crippen LogP contribution in [0.15, 0.2) is 36.7 Å². The number of rotatable bonds is 10. The molecule has 0 aliphatic carbocycles. The highest BCUT2D eigenvalue weighted by molar-refractivity contribution is 5.49. The Hall–Kier alpha value is -2.82. The van der Waals surface area contributed by atoms with Crippen molar-refractivity contribution >= 4 is 5.69 Å². The zero-order valence-corrected chi connectivity index (χ0v) is 18.5. The first-order chi connectivity index (χ1) is 14.5. The summed E-state index contributed by atoms with van der Waals surface area (Å²) in [5.74, 6) is 0.00640. The van der Waals surface area contributed by atoms with Gasteiger partial charge in [-0.05, 0) is 67.3 Å². The van der Waals surface area contributed by atoms with Crippen LogP contribution in [0.4, 0.5) is 5.69 Å². The Bertz CT molecular complexity index is 930. The van der Waals surface area contributed by atoms with E-state index in [9.17, 15) is 10.1 Å². The van der Waals surface area contributed by atoms with Crippen molar-refractivity contribution in [3.05, 3.63) is 86.0 Å². The maximum Gasteiger partial charge on any atom is 0.269 e. The van der Waals surface area contributed by atoms with E-state index >= 15 is 0 Å². The molecule has 0 fully saturated rings. The summed E-state index contributed by atoms with van der Waals surface area (Å²) in [6, 6.07) is 7.04. The van der Waals surface area contributed by atoms with Gasteiger partial charge in [-0.3, -0.25) is 10.1 Å². The fourth-order valence-electron chi connectivity index (χ4n) is 4.30. The minimum atomic E-state index is -0.338. The van der Waals surface area contributed by atoms with Crippen LogP contribution in [0.1, 0.15) is 84.7 Å². The molecule has 0 saturated carbocycles. The van der Waals surface area contributed by atoms with E-state index in [2.05, 4.69) is 50.1 Å². The number of aromatic amines is 2. The summed E-state index contributed by atoms with van der Waals surface area (Å²) in [5.41, 5.74) is 8.90. The molecule has 30 heavy (non-hydrogen) atoms. The molecule has 5 nitrogen and oxygen atoms in total. The third kappa shape index (κ3) is 4.50. The zero-order valence-electron chi connectivity index (χ0n) is 18.5. The van der Waals surface area contributed by atoms with Crippen molar-refractivity contribution in [3.63, 3.8) is 0 Å².